The number of nitrogens with zero attached hydrogens (tertiary/aromatic N) is 4. The molecule has 1 saturated carbocycles. The van der Waals surface area contributed by atoms with Crippen LogP contribution < -0.4 is 0 Å². The third-order valence-corrected chi connectivity index (χ3v) is 4.42. The first-order valence-electron chi connectivity index (χ1n) is 8.07. The third kappa shape index (κ3) is 3.03. The molecule has 0 N–H and O–H groups in total. The second-order valence-corrected chi connectivity index (χ2v) is 5.78. The summed E-state index contributed by atoms with van der Waals surface area (Å²) in [6, 6.07) is 7.99. The molecule has 0 radical (unpaired) electrons. The van der Waals surface area contributed by atoms with Gasteiger partial charge in [-0.15, -0.1) is 5.10 Å². The van der Waals surface area contributed by atoms with Gasteiger partial charge in [-0.05, 0) is 44.0 Å². The zero-order chi connectivity index (χ0) is 15.4. The maximum absolute atomic E-state index is 12.8. The molecule has 22 heavy (non-hydrogen) atoms. The number of aromatic nitrogens is 3. The van der Waals surface area contributed by atoms with Crippen molar-refractivity contribution >= 4 is 5.91 Å². The molecule has 1 fully saturated rings. The number of benzene rings is 1. The fourth-order valence-corrected chi connectivity index (χ4v) is 3.23. The van der Waals surface area contributed by atoms with Gasteiger partial charge in [0.15, 0.2) is 0 Å². The summed E-state index contributed by atoms with van der Waals surface area (Å²) in [6.45, 7) is 2.84. The first kappa shape index (κ1) is 14.8. The molecule has 3 rings (SSSR count). The molecule has 2 aromatic rings. The zero-order valence-electron chi connectivity index (χ0n) is 13.0. The first-order chi connectivity index (χ1) is 10.8. The number of rotatable bonds is 4. The molecule has 0 atom stereocenters. The monoisotopic (exact) mass is 298 g/mol. The highest BCUT2D eigenvalue weighted by Crippen LogP contribution is 2.24. The highest BCUT2D eigenvalue weighted by Gasteiger charge is 2.24. The quantitative estimate of drug-likeness (QED) is 0.871. The maximum Gasteiger partial charge on any atom is 0.254 e. The van der Waals surface area contributed by atoms with Crippen molar-refractivity contribution in [1.29, 1.82) is 0 Å². The summed E-state index contributed by atoms with van der Waals surface area (Å²) in [5.41, 5.74) is 1.66. The van der Waals surface area contributed by atoms with E-state index in [0.717, 1.165) is 30.6 Å². The molecule has 0 saturated heterocycles. The Bertz CT molecular complexity index is 600. The van der Waals surface area contributed by atoms with E-state index in [9.17, 15) is 4.79 Å². The molecule has 5 nitrogen and oxygen atoms in total. The van der Waals surface area contributed by atoms with Crippen LogP contribution in [0.1, 0.15) is 49.4 Å². The lowest BCUT2D eigenvalue weighted by Gasteiger charge is -2.33. The SMILES string of the molecule is CCN(C(=O)c1ccc(-n2ccnn2)cc1)C1CCCCC1. The van der Waals surface area contributed by atoms with E-state index in [2.05, 4.69) is 17.2 Å². The lowest BCUT2D eigenvalue weighted by molar-refractivity contribution is 0.0648. The van der Waals surface area contributed by atoms with Crippen molar-refractivity contribution in [2.75, 3.05) is 6.54 Å². The van der Waals surface area contributed by atoms with E-state index < -0.39 is 0 Å². The maximum atomic E-state index is 12.8. The van der Waals surface area contributed by atoms with Gasteiger partial charge in [-0.2, -0.15) is 0 Å². The summed E-state index contributed by atoms with van der Waals surface area (Å²) in [7, 11) is 0. The van der Waals surface area contributed by atoms with E-state index in [1.54, 1.807) is 17.1 Å². The first-order valence-corrected chi connectivity index (χ1v) is 8.07. The van der Waals surface area contributed by atoms with Gasteiger partial charge in [0.05, 0.1) is 18.1 Å². The van der Waals surface area contributed by atoms with Crippen molar-refractivity contribution in [2.24, 2.45) is 0 Å². The highest BCUT2D eigenvalue weighted by molar-refractivity contribution is 5.94. The number of hydrogen-bond donors (Lipinski definition) is 0. The standard InChI is InChI=1S/C17H22N4O/c1-2-20(15-6-4-3-5-7-15)17(22)14-8-10-16(11-9-14)21-13-12-18-19-21/h8-13,15H,2-7H2,1H3. The topological polar surface area (TPSA) is 51.0 Å². The van der Waals surface area contributed by atoms with Crippen LogP contribution in [0.5, 0.6) is 0 Å². The minimum Gasteiger partial charge on any atom is -0.336 e. The fraction of sp³-hybridized carbons (Fsp3) is 0.471. The van der Waals surface area contributed by atoms with Crippen LogP contribution in [0.15, 0.2) is 36.7 Å². The van der Waals surface area contributed by atoms with E-state index in [1.807, 2.05) is 29.2 Å². The van der Waals surface area contributed by atoms with Crippen LogP contribution in [-0.4, -0.2) is 38.4 Å². The summed E-state index contributed by atoms with van der Waals surface area (Å²) >= 11 is 0. The molecule has 1 aliphatic rings. The average molecular weight is 298 g/mol. The molecule has 0 aliphatic heterocycles. The van der Waals surface area contributed by atoms with Gasteiger partial charge in [0.25, 0.3) is 5.91 Å². The summed E-state index contributed by atoms with van der Waals surface area (Å²) in [6.07, 6.45) is 9.47. The number of amides is 1. The third-order valence-electron chi connectivity index (χ3n) is 4.42. The number of carbonyl (C=O) groups excluding carboxylic acids is 1. The Hall–Kier alpha value is -2.17. The van der Waals surface area contributed by atoms with Crippen LogP contribution >= 0.6 is 0 Å². The number of carbonyl (C=O) groups is 1. The minimum absolute atomic E-state index is 0.138. The van der Waals surface area contributed by atoms with Gasteiger partial charge < -0.3 is 4.90 Å². The van der Waals surface area contributed by atoms with Gasteiger partial charge in [0.2, 0.25) is 0 Å². The molecule has 0 unspecified atom stereocenters. The predicted octanol–water partition coefficient (Wildman–Crippen LogP) is 3.06. The van der Waals surface area contributed by atoms with Gasteiger partial charge in [-0.25, -0.2) is 4.68 Å². The summed E-state index contributed by atoms with van der Waals surface area (Å²) in [5, 5.41) is 7.75. The lowest BCUT2D eigenvalue weighted by atomic mass is 9.93. The van der Waals surface area contributed by atoms with Crippen molar-refractivity contribution in [3.8, 4) is 5.69 Å². The Morgan fingerprint density at radius 2 is 1.95 bits per heavy atom. The van der Waals surface area contributed by atoms with Crippen molar-refractivity contribution in [2.45, 2.75) is 45.1 Å². The Kier molecular flexibility index (Phi) is 4.51. The molecular weight excluding hydrogens is 276 g/mol. The van der Waals surface area contributed by atoms with Crippen molar-refractivity contribution in [3.05, 3.63) is 42.2 Å². The molecule has 1 aromatic carbocycles. The van der Waals surface area contributed by atoms with Crippen LogP contribution in [0.2, 0.25) is 0 Å². The highest BCUT2D eigenvalue weighted by atomic mass is 16.2. The van der Waals surface area contributed by atoms with Gasteiger partial charge in [0, 0.05) is 18.2 Å². The molecule has 1 amide bonds. The summed E-state index contributed by atoms with van der Waals surface area (Å²) < 4.78 is 1.69. The molecule has 1 aliphatic carbocycles. The number of hydrogen-bond acceptors (Lipinski definition) is 3. The second kappa shape index (κ2) is 6.73. The fourth-order valence-electron chi connectivity index (χ4n) is 3.23. The Morgan fingerprint density at radius 3 is 2.55 bits per heavy atom. The molecular formula is C17H22N4O. The van der Waals surface area contributed by atoms with Crippen LogP contribution in [0.3, 0.4) is 0 Å². The van der Waals surface area contributed by atoms with Crippen LogP contribution in [-0.2, 0) is 0 Å². The van der Waals surface area contributed by atoms with Gasteiger partial charge in [-0.3, -0.25) is 4.79 Å². The van der Waals surface area contributed by atoms with E-state index in [1.165, 1.54) is 19.3 Å². The molecule has 1 aromatic heterocycles. The molecule has 1 heterocycles. The second-order valence-electron chi connectivity index (χ2n) is 5.78. The molecule has 0 spiro atoms. The van der Waals surface area contributed by atoms with Crippen molar-refractivity contribution < 1.29 is 4.79 Å². The summed E-state index contributed by atoms with van der Waals surface area (Å²) in [5.74, 6) is 0.138. The zero-order valence-corrected chi connectivity index (χ0v) is 13.0. The van der Waals surface area contributed by atoms with E-state index >= 15 is 0 Å². The molecule has 5 heteroatoms. The van der Waals surface area contributed by atoms with Gasteiger partial charge in [0.1, 0.15) is 0 Å². The predicted molar refractivity (Wildman–Crippen MR) is 84.9 cm³/mol. The minimum atomic E-state index is 0.138. The molecule has 116 valence electrons. The van der Waals surface area contributed by atoms with E-state index in [-0.39, 0.29) is 5.91 Å². The smallest absolute Gasteiger partial charge is 0.254 e. The van der Waals surface area contributed by atoms with E-state index in [4.69, 9.17) is 0 Å². The average Bonchev–Trinajstić information content (AvgIpc) is 3.11. The van der Waals surface area contributed by atoms with Crippen LogP contribution in [0, 0.1) is 0 Å². The Labute approximate surface area is 130 Å². The van der Waals surface area contributed by atoms with Gasteiger partial charge in [-0.1, -0.05) is 24.5 Å². The normalized spacial score (nSPS) is 15.7. The van der Waals surface area contributed by atoms with Crippen molar-refractivity contribution in [3.63, 3.8) is 0 Å². The van der Waals surface area contributed by atoms with Crippen molar-refractivity contribution in [1.82, 2.24) is 19.9 Å². The summed E-state index contributed by atoms with van der Waals surface area (Å²) in [4.78, 5) is 14.8. The van der Waals surface area contributed by atoms with E-state index in [0.29, 0.717) is 6.04 Å². The largest absolute Gasteiger partial charge is 0.336 e. The Morgan fingerprint density at radius 1 is 1.23 bits per heavy atom. The van der Waals surface area contributed by atoms with Crippen LogP contribution in [0.25, 0.3) is 5.69 Å². The molecule has 0 bridgehead atoms. The Balaban J connectivity index is 1.75. The van der Waals surface area contributed by atoms with Crippen LogP contribution in [0.4, 0.5) is 0 Å². The lowest BCUT2D eigenvalue weighted by Crippen LogP contribution is -2.41. The van der Waals surface area contributed by atoms with Gasteiger partial charge >= 0.3 is 0 Å².